The molecule has 1 rings (SSSR count). The Hall–Kier alpha value is -0.660. The van der Waals surface area contributed by atoms with Crippen LogP contribution in [0.2, 0.25) is 0 Å². The molecule has 18 heavy (non-hydrogen) atoms. The highest BCUT2D eigenvalue weighted by atomic mass is 32.2. The Bertz CT molecular complexity index is 396. The van der Waals surface area contributed by atoms with Gasteiger partial charge in [0.25, 0.3) is 10.2 Å². The van der Waals surface area contributed by atoms with Gasteiger partial charge in [-0.25, -0.2) is 0 Å². The standard InChI is InChI=1S/C11H22N2O4S/c1-8-6-4-5-7-13(8)18(16,17)12-10(3)9(2)11(14)15/h8-10,12H,4-7H2,1-3H3,(H,14,15). The smallest absolute Gasteiger partial charge is 0.307 e. The van der Waals surface area contributed by atoms with Gasteiger partial charge in [0, 0.05) is 18.6 Å². The summed E-state index contributed by atoms with van der Waals surface area (Å²) in [6, 6.07) is -0.648. The van der Waals surface area contributed by atoms with Gasteiger partial charge >= 0.3 is 5.97 Å². The molecule has 1 fully saturated rings. The molecule has 6 nitrogen and oxygen atoms in total. The zero-order valence-corrected chi connectivity index (χ0v) is 11.9. The maximum absolute atomic E-state index is 12.2. The first kappa shape index (κ1) is 15.4. The van der Waals surface area contributed by atoms with Crippen LogP contribution in [-0.4, -0.2) is 42.4 Å². The third-order valence-electron chi connectivity index (χ3n) is 3.53. The lowest BCUT2D eigenvalue weighted by Gasteiger charge is -2.33. The summed E-state index contributed by atoms with van der Waals surface area (Å²) >= 11 is 0. The molecule has 0 aliphatic carbocycles. The molecule has 0 amide bonds. The van der Waals surface area contributed by atoms with Crippen LogP contribution in [0.4, 0.5) is 0 Å². The van der Waals surface area contributed by atoms with Crippen molar-refractivity contribution < 1.29 is 18.3 Å². The zero-order valence-electron chi connectivity index (χ0n) is 11.1. The first-order valence-corrected chi connectivity index (χ1v) is 7.71. The van der Waals surface area contributed by atoms with Crippen LogP contribution in [0, 0.1) is 5.92 Å². The van der Waals surface area contributed by atoms with Crippen molar-refractivity contribution in [3.63, 3.8) is 0 Å². The van der Waals surface area contributed by atoms with E-state index in [9.17, 15) is 13.2 Å². The molecule has 0 radical (unpaired) electrons. The number of aliphatic carboxylic acids is 1. The number of nitrogens with one attached hydrogen (secondary N) is 1. The minimum Gasteiger partial charge on any atom is -0.481 e. The number of piperidine rings is 1. The van der Waals surface area contributed by atoms with Gasteiger partial charge in [-0.3, -0.25) is 4.79 Å². The van der Waals surface area contributed by atoms with Gasteiger partial charge in [-0.15, -0.1) is 0 Å². The third-order valence-corrected chi connectivity index (χ3v) is 5.35. The van der Waals surface area contributed by atoms with E-state index >= 15 is 0 Å². The predicted molar refractivity (Wildman–Crippen MR) is 68.3 cm³/mol. The molecule has 0 aromatic rings. The fourth-order valence-corrected chi connectivity index (χ4v) is 3.81. The summed E-state index contributed by atoms with van der Waals surface area (Å²) in [6.45, 7) is 5.45. The van der Waals surface area contributed by atoms with Crippen LogP contribution in [0.3, 0.4) is 0 Å². The molecule has 0 aromatic carbocycles. The number of nitrogens with zero attached hydrogens (tertiary/aromatic N) is 1. The summed E-state index contributed by atoms with van der Waals surface area (Å²) in [5.41, 5.74) is 0. The molecule has 7 heteroatoms. The fourth-order valence-electron chi connectivity index (χ4n) is 2.05. The molecular weight excluding hydrogens is 256 g/mol. The zero-order chi connectivity index (χ0) is 13.9. The number of carboxylic acids is 1. The molecule has 0 spiro atoms. The van der Waals surface area contributed by atoms with E-state index in [0.717, 1.165) is 19.3 Å². The Morgan fingerprint density at radius 1 is 1.39 bits per heavy atom. The minimum absolute atomic E-state index is 0.0245. The lowest BCUT2D eigenvalue weighted by Crippen LogP contribution is -2.51. The van der Waals surface area contributed by atoms with Gasteiger partial charge in [0.2, 0.25) is 0 Å². The molecule has 1 saturated heterocycles. The Morgan fingerprint density at radius 2 is 2.00 bits per heavy atom. The number of hydrogen-bond donors (Lipinski definition) is 2. The Morgan fingerprint density at radius 3 is 2.50 bits per heavy atom. The molecule has 1 aliphatic heterocycles. The van der Waals surface area contributed by atoms with Crippen LogP contribution in [0.5, 0.6) is 0 Å². The molecule has 1 aliphatic rings. The number of hydrogen-bond acceptors (Lipinski definition) is 3. The van der Waals surface area contributed by atoms with Crippen molar-refractivity contribution in [3.8, 4) is 0 Å². The van der Waals surface area contributed by atoms with E-state index in [1.165, 1.54) is 11.2 Å². The second-order valence-corrected chi connectivity index (χ2v) is 6.65. The monoisotopic (exact) mass is 278 g/mol. The first-order valence-electron chi connectivity index (χ1n) is 6.27. The van der Waals surface area contributed by atoms with Gasteiger partial charge in [0.1, 0.15) is 0 Å². The maximum atomic E-state index is 12.2. The van der Waals surface area contributed by atoms with Gasteiger partial charge in [0.15, 0.2) is 0 Å². The van der Waals surface area contributed by atoms with Crippen LogP contribution < -0.4 is 4.72 Å². The fraction of sp³-hybridized carbons (Fsp3) is 0.909. The van der Waals surface area contributed by atoms with E-state index in [1.807, 2.05) is 6.92 Å². The molecule has 0 saturated carbocycles. The quantitative estimate of drug-likeness (QED) is 0.779. The van der Waals surface area contributed by atoms with Gasteiger partial charge in [-0.05, 0) is 26.7 Å². The Kier molecular flexibility index (Phi) is 5.12. The lowest BCUT2D eigenvalue weighted by atomic mass is 10.1. The van der Waals surface area contributed by atoms with E-state index in [1.54, 1.807) is 6.92 Å². The van der Waals surface area contributed by atoms with Gasteiger partial charge in [-0.2, -0.15) is 17.4 Å². The van der Waals surface area contributed by atoms with Crippen molar-refractivity contribution in [2.24, 2.45) is 5.92 Å². The summed E-state index contributed by atoms with van der Waals surface area (Å²) in [7, 11) is -3.59. The van der Waals surface area contributed by atoms with Crippen LogP contribution >= 0.6 is 0 Å². The topological polar surface area (TPSA) is 86.7 Å². The second kappa shape index (κ2) is 5.99. The molecule has 0 bridgehead atoms. The Balaban J connectivity index is 2.72. The number of carbonyl (C=O) groups is 1. The molecule has 106 valence electrons. The van der Waals surface area contributed by atoms with E-state index in [-0.39, 0.29) is 6.04 Å². The minimum atomic E-state index is -3.59. The highest BCUT2D eigenvalue weighted by Gasteiger charge is 2.32. The lowest BCUT2D eigenvalue weighted by molar-refractivity contribution is -0.141. The molecule has 3 atom stereocenters. The normalized spacial score (nSPS) is 25.6. The molecule has 2 N–H and O–H groups in total. The van der Waals surface area contributed by atoms with Crippen LogP contribution in [0.1, 0.15) is 40.0 Å². The SMILES string of the molecule is CC(NS(=O)(=O)N1CCCCC1C)C(C)C(=O)O. The van der Waals surface area contributed by atoms with Crippen molar-refractivity contribution in [1.29, 1.82) is 0 Å². The van der Waals surface area contributed by atoms with E-state index in [0.29, 0.717) is 6.54 Å². The number of carboxylic acid groups (broad SMARTS) is 1. The second-order valence-electron chi connectivity index (χ2n) is 4.99. The van der Waals surface area contributed by atoms with Crippen LogP contribution in [-0.2, 0) is 15.0 Å². The summed E-state index contributed by atoms with van der Waals surface area (Å²) in [5.74, 6) is -1.75. The van der Waals surface area contributed by atoms with Gasteiger partial charge in [0.05, 0.1) is 5.92 Å². The van der Waals surface area contributed by atoms with Crippen LogP contribution in [0.15, 0.2) is 0 Å². The predicted octanol–water partition coefficient (Wildman–Crippen LogP) is 0.804. The number of rotatable bonds is 5. The summed E-state index contributed by atoms with van der Waals surface area (Å²) in [6.07, 6.45) is 2.74. The first-order chi connectivity index (χ1) is 8.25. The van der Waals surface area contributed by atoms with Crippen molar-refractivity contribution in [1.82, 2.24) is 9.03 Å². The Labute approximate surface area is 109 Å². The van der Waals surface area contributed by atoms with Gasteiger partial charge in [-0.1, -0.05) is 13.3 Å². The maximum Gasteiger partial charge on any atom is 0.307 e. The average Bonchev–Trinajstić information content (AvgIpc) is 2.27. The molecule has 3 unspecified atom stereocenters. The molecule has 1 heterocycles. The third kappa shape index (κ3) is 3.66. The van der Waals surface area contributed by atoms with Crippen molar-refractivity contribution in [2.45, 2.75) is 52.1 Å². The van der Waals surface area contributed by atoms with Crippen molar-refractivity contribution >= 4 is 16.2 Å². The molecule has 0 aromatic heterocycles. The van der Waals surface area contributed by atoms with Crippen LogP contribution in [0.25, 0.3) is 0 Å². The van der Waals surface area contributed by atoms with Gasteiger partial charge < -0.3 is 5.11 Å². The summed E-state index contributed by atoms with van der Waals surface area (Å²) < 4.78 is 28.2. The van der Waals surface area contributed by atoms with Crippen molar-refractivity contribution in [2.75, 3.05) is 6.54 Å². The average molecular weight is 278 g/mol. The molecular formula is C11H22N2O4S. The summed E-state index contributed by atoms with van der Waals surface area (Å²) in [4.78, 5) is 10.8. The van der Waals surface area contributed by atoms with E-state index < -0.39 is 28.1 Å². The van der Waals surface area contributed by atoms with E-state index in [2.05, 4.69) is 4.72 Å². The van der Waals surface area contributed by atoms with E-state index in [4.69, 9.17) is 5.11 Å². The highest BCUT2D eigenvalue weighted by molar-refractivity contribution is 7.87. The summed E-state index contributed by atoms with van der Waals surface area (Å²) in [5, 5.41) is 8.86. The highest BCUT2D eigenvalue weighted by Crippen LogP contribution is 2.19. The van der Waals surface area contributed by atoms with Crippen molar-refractivity contribution in [3.05, 3.63) is 0 Å². The largest absolute Gasteiger partial charge is 0.481 e.